The molecule has 0 fully saturated rings. The monoisotopic (exact) mass is 161 g/mol. The van der Waals surface area contributed by atoms with Gasteiger partial charge in [-0.3, -0.25) is 0 Å². The summed E-state index contributed by atoms with van der Waals surface area (Å²) in [5, 5.41) is 17.1. The fraction of sp³-hybridized carbons (Fsp3) is 0. The van der Waals surface area contributed by atoms with E-state index >= 15 is 0 Å². The molecular weight excluding hydrogens is 157 g/mol. The predicted octanol–water partition coefficient (Wildman–Crippen LogP) is 1.41. The van der Waals surface area contributed by atoms with Gasteiger partial charge in [-0.05, 0) is 18.1 Å². The van der Waals surface area contributed by atoms with Crippen LogP contribution in [0, 0.1) is 29.0 Å². The van der Waals surface area contributed by atoms with Crippen LogP contribution in [0.3, 0.4) is 0 Å². The smallest absolute Gasteiger partial charge is 0.167 e. The summed E-state index contributed by atoms with van der Waals surface area (Å²) in [5.41, 5.74) is 0.122. The molecule has 0 saturated heterocycles. The van der Waals surface area contributed by atoms with Gasteiger partial charge in [-0.1, -0.05) is 6.07 Å². The van der Waals surface area contributed by atoms with Crippen LogP contribution in [-0.2, 0) is 0 Å². The predicted molar refractivity (Wildman–Crippen MR) is 40.6 cm³/mol. The Morgan fingerprint density at radius 2 is 2.17 bits per heavy atom. The zero-order valence-electron chi connectivity index (χ0n) is 6.00. The number of benzene rings is 1. The third-order valence-electron chi connectivity index (χ3n) is 1.24. The van der Waals surface area contributed by atoms with Crippen LogP contribution in [0.25, 0.3) is 0 Å². The first-order chi connectivity index (χ1) is 5.75. The van der Waals surface area contributed by atoms with Gasteiger partial charge < -0.3 is 5.11 Å². The minimum atomic E-state index is -0.736. The molecule has 0 heterocycles. The molecule has 1 aromatic rings. The van der Waals surface area contributed by atoms with E-state index in [9.17, 15) is 4.39 Å². The van der Waals surface area contributed by atoms with E-state index in [1.807, 2.05) is 0 Å². The number of aromatic hydroxyl groups is 1. The average molecular weight is 161 g/mol. The molecule has 0 aromatic heterocycles. The molecule has 1 N–H and O–H groups in total. The van der Waals surface area contributed by atoms with E-state index in [0.717, 1.165) is 6.07 Å². The highest BCUT2D eigenvalue weighted by Gasteiger charge is 2.02. The number of nitriles is 1. The third-order valence-corrected chi connectivity index (χ3v) is 1.24. The lowest BCUT2D eigenvalue weighted by atomic mass is 10.2. The Morgan fingerprint density at radius 1 is 1.42 bits per heavy atom. The largest absolute Gasteiger partial charge is 0.504 e. The minimum absolute atomic E-state index is 0.122. The number of hydrogen-bond donors (Lipinski definition) is 1. The molecule has 0 unspecified atom stereocenters. The molecule has 0 radical (unpaired) electrons. The first-order valence-electron chi connectivity index (χ1n) is 3.13. The van der Waals surface area contributed by atoms with Crippen molar-refractivity contribution in [3.63, 3.8) is 0 Å². The topological polar surface area (TPSA) is 44.0 Å². The summed E-state index contributed by atoms with van der Waals surface area (Å²) < 4.78 is 12.6. The van der Waals surface area contributed by atoms with Crippen molar-refractivity contribution in [1.82, 2.24) is 0 Å². The summed E-state index contributed by atoms with van der Waals surface area (Å²) in [4.78, 5) is 0. The maximum absolute atomic E-state index is 12.6. The highest BCUT2D eigenvalue weighted by Crippen LogP contribution is 2.18. The Kier molecular flexibility index (Phi) is 2.30. The Balaban J connectivity index is 3.19. The van der Waals surface area contributed by atoms with Gasteiger partial charge in [-0.25, -0.2) is 4.39 Å². The number of rotatable bonds is 0. The summed E-state index contributed by atoms with van der Waals surface area (Å²) in [6.07, 6.45) is 0. The highest BCUT2D eigenvalue weighted by atomic mass is 19.1. The third kappa shape index (κ3) is 1.53. The molecule has 0 atom stereocenters. The zero-order chi connectivity index (χ0) is 8.97. The summed E-state index contributed by atoms with van der Waals surface area (Å²) in [6, 6.07) is 5.53. The van der Waals surface area contributed by atoms with E-state index in [0.29, 0.717) is 0 Å². The van der Waals surface area contributed by atoms with Crippen LogP contribution in [0.15, 0.2) is 18.2 Å². The minimum Gasteiger partial charge on any atom is -0.504 e. The van der Waals surface area contributed by atoms with E-state index in [4.69, 9.17) is 10.4 Å². The van der Waals surface area contributed by atoms with E-state index in [1.165, 1.54) is 12.1 Å². The Bertz CT molecular complexity index is 395. The van der Waals surface area contributed by atoms with Crippen LogP contribution in [0.1, 0.15) is 5.56 Å². The summed E-state index contributed by atoms with van der Waals surface area (Å²) in [6.45, 7) is 0. The number of phenols is 1. The molecule has 0 aliphatic heterocycles. The van der Waals surface area contributed by atoms with Crippen LogP contribution in [0.4, 0.5) is 4.39 Å². The molecule has 0 saturated carbocycles. The van der Waals surface area contributed by atoms with Crippen LogP contribution >= 0.6 is 0 Å². The second-order valence-corrected chi connectivity index (χ2v) is 2.00. The highest BCUT2D eigenvalue weighted by molar-refractivity contribution is 5.47. The van der Waals surface area contributed by atoms with Gasteiger partial charge in [0.1, 0.15) is 0 Å². The molecule has 0 amide bonds. The molecular formula is C9H4FNO. The fourth-order valence-corrected chi connectivity index (χ4v) is 0.711. The van der Waals surface area contributed by atoms with E-state index in [2.05, 4.69) is 11.8 Å². The Morgan fingerprint density at radius 3 is 2.83 bits per heavy atom. The fourth-order valence-electron chi connectivity index (χ4n) is 0.711. The normalized spacial score (nSPS) is 8.00. The van der Waals surface area contributed by atoms with Crippen molar-refractivity contribution in [2.45, 2.75) is 0 Å². The zero-order valence-corrected chi connectivity index (χ0v) is 6.00. The molecule has 12 heavy (non-hydrogen) atoms. The van der Waals surface area contributed by atoms with Crippen molar-refractivity contribution in [3.8, 4) is 23.7 Å². The Labute approximate surface area is 68.9 Å². The van der Waals surface area contributed by atoms with E-state index in [1.54, 1.807) is 6.07 Å². The van der Waals surface area contributed by atoms with Crippen molar-refractivity contribution >= 4 is 0 Å². The second-order valence-electron chi connectivity index (χ2n) is 2.00. The number of halogens is 1. The first-order valence-corrected chi connectivity index (χ1v) is 3.13. The van der Waals surface area contributed by atoms with Crippen LogP contribution < -0.4 is 0 Å². The van der Waals surface area contributed by atoms with Gasteiger partial charge in [0.05, 0.1) is 5.56 Å². The van der Waals surface area contributed by atoms with Crippen molar-refractivity contribution in [2.24, 2.45) is 0 Å². The van der Waals surface area contributed by atoms with Gasteiger partial charge in [0.25, 0.3) is 0 Å². The molecule has 0 aliphatic carbocycles. The van der Waals surface area contributed by atoms with Crippen LogP contribution in [-0.4, -0.2) is 5.11 Å². The van der Waals surface area contributed by atoms with E-state index < -0.39 is 11.6 Å². The van der Waals surface area contributed by atoms with Crippen molar-refractivity contribution in [1.29, 1.82) is 5.26 Å². The van der Waals surface area contributed by atoms with Gasteiger partial charge in [-0.2, -0.15) is 5.26 Å². The molecule has 0 spiro atoms. The van der Waals surface area contributed by atoms with Crippen molar-refractivity contribution in [3.05, 3.63) is 29.6 Å². The second kappa shape index (κ2) is 3.41. The lowest BCUT2D eigenvalue weighted by Crippen LogP contribution is -1.80. The molecule has 1 aromatic carbocycles. The summed E-state index contributed by atoms with van der Waals surface area (Å²) >= 11 is 0. The quantitative estimate of drug-likeness (QED) is 0.584. The van der Waals surface area contributed by atoms with Crippen LogP contribution in [0.5, 0.6) is 5.75 Å². The lowest BCUT2D eigenvalue weighted by molar-refractivity contribution is 0.431. The first kappa shape index (κ1) is 8.10. The Hall–Kier alpha value is -2.00. The standard InChI is InChI=1S/C9H4FNO/c10-8-5-1-3-7(9(8)12)4-2-6-11/h1,3,5,12H. The SMILES string of the molecule is N#CC#Cc1cccc(F)c1O. The number of hydrogen-bond acceptors (Lipinski definition) is 2. The maximum atomic E-state index is 12.6. The molecule has 0 aliphatic rings. The van der Waals surface area contributed by atoms with E-state index in [-0.39, 0.29) is 5.56 Å². The number of phenolic OH excluding ortho intramolecular Hbond substituents is 1. The summed E-state index contributed by atoms with van der Waals surface area (Å²) in [5.74, 6) is 3.11. The molecule has 0 bridgehead atoms. The number of nitrogens with zero attached hydrogens (tertiary/aromatic N) is 1. The van der Waals surface area contributed by atoms with Gasteiger partial charge in [0.15, 0.2) is 17.6 Å². The molecule has 2 nitrogen and oxygen atoms in total. The van der Waals surface area contributed by atoms with Crippen LogP contribution in [0.2, 0.25) is 0 Å². The van der Waals surface area contributed by atoms with Gasteiger partial charge in [-0.15, -0.1) is 0 Å². The van der Waals surface area contributed by atoms with Gasteiger partial charge >= 0.3 is 0 Å². The van der Waals surface area contributed by atoms with Gasteiger partial charge in [0.2, 0.25) is 0 Å². The van der Waals surface area contributed by atoms with Gasteiger partial charge in [0, 0.05) is 5.92 Å². The number of para-hydroxylation sites is 1. The maximum Gasteiger partial charge on any atom is 0.167 e. The lowest BCUT2D eigenvalue weighted by Gasteiger charge is -1.95. The van der Waals surface area contributed by atoms with Crippen molar-refractivity contribution < 1.29 is 9.50 Å². The molecule has 1 rings (SSSR count). The van der Waals surface area contributed by atoms with Crippen molar-refractivity contribution in [2.75, 3.05) is 0 Å². The summed E-state index contributed by atoms with van der Waals surface area (Å²) in [7, 11) is 0. The average Bonchev–Trinajstić information content (AvgIpc) is 2.08. The molecule has 58 valence electrons. The molecule has 3 heteroatoms.